The van der Waals surface area contributed by atoms with E-state index >= 15 is 0 Å². The van der Waals surface area contributed by atoms with Gasteiger partial charge in [-0.15, -0.1) is 0 Å². The standard InChI is InChI=1S/C25H28ClF3N4O/c26-18-3-1-17(2-4-18)19-8-21(25(27,28)29)33-22(31-19)9-20(32-33)23(34)30-13-24-10-14-5-15(11-24)7-16(6-14)12-24/h1-4,9,14-16,19,21,31H,5-8,10-13H2,(H,30,34). The minimum absolute atomic E-state index is 0.0261. The largest absolute Gasteiger partial charge is 0.410 e. The van der Waals surface area contributed by atoms with Gasteiger partial charge in [-0.2, -0.15) is 18.3 Å². The third-order valence-electron chi connectivity index (χ3n) is 8.48. The Morgan fingerprint density at radius 2 is 1.71 bits per heavy atom. The van der Waals surface area contributed by atoms with Gasteiger partial charge in [0.05, 0.1) is 6.04 Å². The van der Waals surface area contributed by atoms with Gasteiger partial charge in [0.15, 0.2) is 11.7 Å². The Morgan fingerprint density at radius 3 is 2.29 bits per heavy atom. The van der Waals surface area contributed by atoms with Gasteiger partial charge >= 0.3 is 6.18 Å². The Labute approximate surface area is 201 Å². The number of hydrogen-bond acceptors (Lipinski definition) is 3. The number of carbonyl (C=O) groups is 1. The van der Waals surface area contributed by atoms with Crippen LogP contribution in [0.25, 0.3) is 0 Å². The first-order valence-corrected chi connectivity index (χ1v) is 12.5. The van der Waals surface area contributed by atoms with Crippen molar-refractivity contribution in [2.24, 2.45) is 23.2 Å². The molecule has 2 N–H and O–H groups in total. The first kappa shape index (κ1) is 22.3. The van der Waals surface area contributed by atoms with Crippen molar-refractivity contribution in [2.45, 2.75) is 63.2 Å². The van der Waals surface area contributed by atoms with E-state index in [1.807, 2.05) is 0 Å². The van der Waals surface area contributed by atoms with Crippen LogP contribution in [0.2, 0.25) is 5.02 Å². The van der Waals surface area contributed by atoms with Crippen LogP contribution in [-0.2, 0) is 0 Å². The van der Waals surface area contributed by atoms with Gasteiger partial charge in [-0.05, 0) is 79.4 Å². The molecule has 1 amide bonds. The fraction of sp³-hybridized carbons (Fsp3) is 0.600. The summed E-state index contributed by atoms with van der Waals surface area (Å²) in [6.45, 7) is 0.584. The fourth-order valence-electron chi connectivity index (χ4n) is 7.46. The molecule has 0 radical (unpaired) electrons. The van der Waals surface area contributed by atoms with E-state index in [0.717, 1.165) is 41.7 Å². The number of anilines is 1. The molecule has 2 unspecified atom stereocenters. The van der Waals surface area contributed by atoms with Gasteiger partial charge in [0.25, 0.3) is 5.91 Å². The van der Waals surface area contributed by atoms with Gasteiger partial charge in [-0.25, -0.2) is 4.68 Å². The number of halogens is 4. The maximum absolute atomic E-state index is 13.9. The molecule has 4 fully saturated rings. The summed E-state index contributed by atoms with van der Waals surface area (Å²) >= 11 is 5.94. The number of aromatic nitrogens is 2. The normalized spacial score (nSPS) is 33.9. The van der Waals surface area contributed by atoms with E-state index in [1.165, 1.54) is 25.3 Å². The van der Waals surface area contributed by atoms with Gasteiger partial charge in [0.1, 0.15) is 5.82 Å². The number of rotatable bonds is 4. The van der Waals surface area contributed by atoms with Gasteiger partial charge in [0, 0.05) is 24.1 Å². The monoisotopic (exact) mass is 492 g/mol. The lowest BCUT2D eigenvalue weighted by Gasteiger charge is -2.56. The molecule has 1 aliphatic heterocycles. The van der Waals surface area contributed by atoms with E-state index < -0.39 is 24.2 Å². The van der Waals surface area contributed by atoms with Crippen molar-refractivity contribution < 1.29 is 18.0 Å². The van der Waals surface area contributed by atoms with Crippen LogP contribution in [0, 0.1) is 23.2 Å². The summed E-state index contributed by atoms with van der Waals surface area (Å²) in [7, 11) is 0. The molecular weight excluding hydrogens is 465 g/mol. The van der Waals surface area contributed by atoms with Crippen LogP contribution in [0.5, 0.6) is 0 Å². The summed E-state index contributed by atoms with van der Waals surface area (Å²) in [5.41, 5.74) is 0.882. The zero-order chi connectivity index (χ0) is 23.7. The van der Waals surface area contributed by atoms with E-state index in [9.17, 15) is 18.0 Å². The second-order valence-electron chi connectivity index (χ2n) is 11.0. The van der Waals surface area contributed by atoms with Crippen molar-refractivity contribution >= 4 is 23.3 Å². The molecule has 5 aliphatic rings. The van der Waals surface area contributed by atoms with E-state index in [4.69, 9.17) is 11.6 Å². The Morgan fingerprint density at radius 1 is 1.09 bits per heavy atom. The summed E-state index contributed by atoms with van der Waals surface area (Å²) in [5.74, 6) is 2.11. The average molecular weight is 493 g/mol. The number of nitrogens with one attached hydrogen (secondary N) is 2. The molecule has 9 heteroatoms. The van der Waals surface area contributed by atoms with Gasteiger partial charge in [0.2, 0.25) is 0 Å². The number of alkyl halides is 3. The molecular formula is C25H28ClF3N4O. The van der Waals surface area contributed by atoms with Crippen molar-refractivity contribution in [1.29, 1.82) is 0 Å². The van der Waals surface area contributed by atoms with Crippen LogP contribution in [0.1, 0.15) is 73.1 Å². The van der Waals surface area contributed by atoms with Crippen LogP contribution in [-0.4, -0.2) is 28.4 Å². The number of benzene rings is 1. The maximum Gasteiger partial charge on any atom is 0.410 e. The quantitative estimate of drug-likeness (QED) is 0.538. The predicted molar refractivity (Wildman–Crippen MR) is 123 cm³/mol. The van der Waals surface area contributed by atoms with Crippen LogP contribution in [0.4, 0.5) is 19.0 Å². The smallest absolute Gasteiger partial charge is 0.363 e. The molecule has 1 aromatic heterocycles. The third kappa shape index (κ3) is 3.97. The number of carbonyl (C=O) groups excluding carboxylic acids is 1. The van der Waals surface area contributed by atoms with Crippen LogP contribution >= 0.6 is 11.6 Å². The average Bonchev–Trinajstić information content (AvgIpc) is 3.20. The second-order valence-corrected chi connectivity index (χ2v) is 11.4. The van der Waals surface area contributed by atoms with Crippen molar-refractivity contribution in [3.63, 3.8) is 0 Å². The summed E-state index contributed by atoms with van der Waals surface area (Å²) in [6.07, 6.45) is 2.72. The molecule has 5 nitrogen and oxygen atoms in total. The fourth-order valence-corrected chi connectivity index (χ4v) is 7.59. The zero-order valence-corrected chi connectivity index (χ0v) is 19.5. The summed E-state index contributed by atoms with van der Waals surface area (Å²) in [6, 6.07) is 5.84. The SMILES string of the molecule is O=C(NCC12CC3CC(CC(C3)C1)C2)c1cc2n(n1)C(C(F)(F)F)CC(c1ccc(Cl)cc1)N2. The lowest BCUT2D eigenvalue weighted by molar-refractivity contribution is -0.173. The summed E-state index contributed by atoms with van der Waals surface area (Å²) in [4.78, 5) is 13.0. The van der Waals surface area contributed by atoms with Gasteiger partial charge < -0.3 is 10.6 Å². The van der Waals surface area contributed by atoms with Gasteiger partial charge in [-0.1, -0.05) is 23.7 Å². The Hall–Kier alpha value is -2.22. The molecule has 182 valence electrons. The lowest BCUT2D eigenvalue weighted by atomic mass is 9.49. The second kappa shape index (κ2) is 7.90. The van der Waals surface area contributed by atoms with Crippen molar-refractivity contribution in [2.75, 3.05) is 11.9 Å². The number of amides is 1. The molecule has 7 rings (SSSR count). The van der Waals surface area contributed by atoms with E-state index in [-0.39, 0.29) is 23.3 Å². The van der Waals surface area contributed by atoms with Gasteiger partial charge in [-0.3, -0.25) is 4.79 Å². The molecule has 4 aliphatic carbocycles. The molecule has 4 bridgehead atoms. The Balaban J connectivity index is 1.21. The number of hydrogen-bond donors (Lipinski definition) is 2. The molecule has 2 atom stereocenters. The minimum atomic E-state index is -4.49. The summed E-state index contributed by atoms with van der Waals surface area (Å²) in [5, 5.41) is 10.8. The molecule has 2 heterocycles. The highest BCUT2D eigenvalue weighted by Gasteiger charge is 2.51. The van der Waals surface area contributed by atoms with Crippen LogP contribution < -0.4 is 10.6 Å². The first-order valence-electron chi connectivity index (χ1n) is 12.1. The highest BCUT2D eigenvalue weighted by atomic mass is 35.5. The number of nitrogens with zero attached hydrogens (tertiary/aromatic N) is 2. The molecule has 2 aromatic rings. The van der Waals surface area contributed by atoms with E-state index in [1.54, 1.807) is 24.3 Å². The Bertz CT molecular complexity index is 1060. The van der Waals surface area contributed by atoms with Crippen LogP contribution in [0.15, 0.2) is 30.3 Å². The molecule has 0 saturated heterocycles. The minimum Gasteiger partial charge on any atom is -0.363 e. The molecule has 1 aromatic carbocycles. The zero-order valence-electron chi connectivity index (χ0n) is 18.7. The highest BCUT2D eigenvalue weighted by molar-refractivity contribution is 6.30. The van der Waals surface area contributed by atoms with Crippen molar-refractivity contribution in [3.05, 3.63) is 46.6 Å². The topological polar surface area (TPSA) is 59.0 Å². The third-order valence-corrected chi connectivity index (χ3v) is 8.74. The van der Waals surface area contributed by atoms with Crippen molar-refractivity contribution in [3.8, 4) is 0 Å². The summed E-state index contributed by atoms with van der Waals surface area (Å²) < 4.78 is 42.8. The molecule has 34 heavy (non-hydrogen) atoms. The van der Waals surface area contributed by atoms with E-state index in [2.05, 4.69) is 15.7 Å². The van der Waals surface area contributed by atoms with E-state index in [0.29, 0.717) is 17.1 Å². The number of fused-ring (bicyclic) bond motifs is 1. The highest BCUT2D eigenvalue weighted by Crippen LogP contribution is 2.59. The molecule has 4 saturated carbocycles. The van der Waals surface area contributed by atoms with Crippen LogP contribution in [0.3, 0.4) is 0 Å². The maximum atomic E-state index is 13.9. The Kier molecular flexibility index (Phi) is 5.17. The first-order chi connectivity index (χ1) is 16.2. The lowest BCUT2D eigenvalue weighted by Crippen LogP contribution is -2.51. The van der Waals surface area contributed by atoms with Crippen molar-refractivity contribution in [1.82, 2.24) is 15.1 Å². The predicted octanol–water partition coefficient (Wildman–Crippen LogP) is 6.14. The molecule has 0 spiro atoms.